The van der Waals surface area contributed by atoms with Crippen molar-refractivity contribution in [2.24, 2.45) is 0 Å². The van der Waals surface area contributed by atoms with Gasteiger partial charge in [-0.1, -0.05) is 74.6 Å². The first-order valence-corrected chi connectivity index (χ1v) is 10.3. The Morgan fingerprint density at radius 3 is 2.36 bits per heavy atom. The van der Waals surface area contributed by atoms with E-state index in [1.54, 1.807) is 0 Å². The standard InChI is InChI=1S/C23H30N2O3/c26-16-21(23(28)24-20-10-4-2-1-3-5-11-20)25-22(27)15-17-12-13-18-8-6-7-9-19(18)14-17/h6-9,12-14,20-21,26H,1-5,10-11,15-16H2,(H,24,28)(H,25,27). The molecular formula is C23H30N2O3. The predicted molar refractivity (Wildman–Crippen MR) is 111 cm³/mol. The van der Waals surface area contributed by atoms with Crippen molar-refractivity contribution in [2.45, 2.75) is 63.5 Å². The number of aliphatic hydroxyl groups excluding tert-OH is 1. The van der Waals surface area contributed by atoms with Gasteiger partial charge in [-0.15, -0.1) is 0 Å². The molecule has 0 aliphatic heterocycles. The van der Waals surface area contributed by atoms with E-state index in [0.29, 0.717) is 0 Å². The van der Waals surface area contributed by atoms with Crippen LogP contribution in [0.1, 0.15) is 50.5 Å². The lowest BCUT2D eigenvalue weighted by molar-refractivity contribution is -0.130. The SMILES string of the molecule is O=C(Cc1ccc2ccccc2c1)NC(CO)C(=O)NC1CCCCCCC1. The third-order valence-electron chi connectivity index (χ3n) is 5.46. The number of aliphatic hydroxyl groups is 1. The van der Waals surface area contributed by atoms with Gasteiger partial charge < -0.3 is 15.7 Å². The molecule has 1 fully saturated rings. The number of nitrogens with one attached hydrogen (secondary N) is 2. The Hall–Kier alpha value is -2.40. The van der Waals surface area contributed by atoms with Crippen molar-refractivity contribution in [2.75, 3.05) is 6.61 Å². The summed E-state index contributed by atoms with van der Waals surface area (Å²) in [5.41, 5.74) is 0.883. The Morgan fingerprint density at radius 2 is 1.64 bits per heavy atom. The zero-order valence-electron chi connectivity index (χ0n) is 16.3. The quantitative estimate of drug-likeness (QED) is 0.718. The van der Waals surface area contributed by atoms with Gasteiger partial charge in [0, 0.05) is 6.04 Å². The second-order valence-corrected chi connectivity index (χ2v) is 7.71. The Kier molecular flexibility index (Phi) is 7.43. The summed E-state index contributed by atoms with van der Waals surface area (Å²) in [6.07, 6.45) is 8.02. The van der Waals surface area contributed by atoms with Crippen LogP contribution in [0.3, 0.4) is 0 Å². The largest absolute Gasteiger partial charge is 0.394 e. The average molecular weight is 383 g/mol. The van der Waals surface area contributed by atoms with Crippen LogP contribution in [0.15, 0.2) is 42.5 Å². The van der Waals surface area contributed by atoms with Crippen molar-refractivity contribution in [3.8, 4) is 0 Å². The first-order chi connectivity index (χ1) is 13.7. The summed E-state index contributed by atoms with van der Waals surface area (Å²) < 4.78 is 0. The van der Waals surface area contributed by atoms with Gasteiger partial charge in [0.2, 0.25) is 11.8 Å². The first kappa shape index (κ1) is 20.3. The molecule has 5 heteroatoms. The molecule has 150 valence electrons. The van der Waals surface area contributed by atoms with E-state index in [-0.39, 0.29) is 24.3 Å². The molecule has 0 radical (unpaired) electrons. The molecule has 3 N–H and O–H groups in total. The molecule has 2 aromatic rings. The number of carbonyl (C=O) groups excluding carboxylic acids is 2. The van der Waals surface area contributed by atoms with Gasteiger partial charge in [-0.2, -0.15) is 0 Å². The highest BCUT2D eigenvalue weighted by molar-refractivity contribution is 5.89. The van der Waals surface area contributed by atoms with Crippen LogP contribution in [0.25, 0.3) is 10.8 Å². The van der Waals surface area contributed by atoms with Crippen LogP contribution < -0.4 is 10.6 Å². The second kappa shape index (κ2) is 10.2. The molecule has 1 unspecified atom stereocenters. The van der Waals surface area contributed by atoms with Crippen molar-refractivity contribution in [1.82, 2.24) is 10.6 Å². The molecule has 2 amide bonds. The zero-order chi connectivity index (χ0) is 19.8. The van der Waals surface area contributed by atoms with Gasteiger partial charge in [-0.25, -0.2) is 0 Å². The van der Waals surface area contributed by atoms with Crippen LogP contribution in [0.5, 0.6) is 0 Å². The van der Waals surface area contributed by atoms with Crippen LogP contribution in [-0.4, -0.2) is 35.6 Å². The summed E-state index contributed by atoms with van der Waals surface area (Å²) in [7, 11) is 0. The summed E-state index contributed by atoms with van der Waals surface area (Å²) in [6, 6.07) is 13.1. The minimum atomic E-state index is -0.904. The summed E-state index contributed by atoms with van der Waals surface area (Å²) in [6.45, 7) is -0.401. The smallest absolute Gasteiger partial charge is 0.245 e. The number of rotatable bonds is 6. The van der Waals surface area contributed by atoms with E-state index >= 15 is 0 Å². The van der Waals surface area contributed by atoms with Crippen molar-refractivity contribution in [3.63, 3.8) is 0 Å². The number of amides is 2. The summed E-state index contributed by atoms with van der Waals surface area (Å²) >= 11 is 0. The van der Waals surface area contributed by atoms with E-state index in [1.165, 1.54) is 19.3 Å². The Morgan fingerprint density at radius 1 is 0.964 bits per heavy atom. The third-order valence-corrected chi connectivity index (χ3v) is 5.46. The maximum Gasteiger partial charge on any atom is 0.245 e. The highest BCUT2D eigenvalue weighted by atomic mass is 16.3. The number of fused-ring (bicyclic) bond motifs is 1. The van der Waals surface area contributed by atoms with Gasteiger partial charge in [0.05, 0.1) is 13.0 Å². The van der Waals surface area contributed by atoms with Gasteiger partial charge in [0.25, 0.3) is 0 Å². The molecule has 1 atom stereocenters. The summed E-state index contributed by atoms with van der Waals surface area (Å²) in [5, 5.41) is 17.5. The normalized spacial score (nSPS) is 16.8. The molecule has 0 heterocycles. The van der Waals surface area contributed by atoms with Crippen molar-refractivity contribution in [1.29, 1.82) is 0 Å². The Balaban J connectivity index is 1.54. The lowest BCUT2D eigenvalue weighted by Gasteiger charge is -2.24. The van der Waals surface area contributed by atoms with E-state index in [9.17, 15) is 14.7 Å². The molecule has 1 aliphatic rings. The second-order valence-electron chi connectivity index (χ2n) is 7.71. The molecule has 3 rings (SSSR count). The van der Waals surface area contributed by atoms with Crippen LogP contribution in [0.4, 0.5) is 0 Å². The van der Waals surface area contributed by atoms with E-state index < -0.39 is 12.6 Å². The fourth-order valence-electron chi connectivity index (χ4n) is 3.88. The Bertz CT molecular complexity index is 797. The van der Waals surface area contributed by atoms with E-state index in [2.05, 4.69) is 10.6 Å². The Labute approximate surface area is 166 Å². The maximum atomic E-state index is 12.5. The molecule has 2 aromatic carbocycles. The van der Waals surface area contributed by atoms with Crippen LogP contribution in [-0.2, 0) is 16.0 Å². The monoisotopic (exact) mass is 382 g/mol. The van der Waals surface area contributed by atoms with Crippen molar-refractivity contribution in [3.05, 3.63) is 48.0 Å². The zero-order valence-corrected chi connectivity index (χ0v) is 16.3. The molecule has 0 bridgehead atoms. The van der Waals surface area contributed by atoms with Crippen LogP contribution in [0.2, 0.25) is 0 Å². The van der Waals surface area contributed by atoms with Gasteiger partial charge >= 0.3 is 0 Å². The molecule has 1 aliphatic carbocycles. The predicted octanol–water partition coefficient (Wildman–Crippen LogP) is 3.09. The fourth-order valence-corrected chi connectivity index (χ4v) is 3.88. The van der Waals surface area contributed by atoms with Gasteiger partial charge in [0.1, 0.15) is 6.04 Å². The molecule has 0 aromatic heterocycles. The molecule has 28 heavy (non-hydrogen) atoms. The maximum absolute atomic E-state index is 12.5. The number of carbonyl (C=O) groups is 2. The van der Waals surface area contributed by atoms with Gasteiger partial charge in [-0.05, 0) is 29.2 Å². The molecule has 1 saturated carbocycles. The van der Waals surface area contributed by atoms with Crippen LogP contribution >= 0.6 is 0 Å². The lowest BCUT2D eigenvalue weighted by Crippen LogP contribution is -2.51. The van der Waals surface area contributed by atoms with Gasteiger partial charge in [0.15, 0.2) is 0 Å². The van der Waals surface area contributed by atoms with E-state index in [4.69, 9.17) is 0 Å². The summed E-state index contributed by atoms with van der Waals surface area (Å²) in [5.74, 6) is -0.554. The minimum Gasteiger partial charge on any atom is -0.394 e. The number of hydrogen-bond donors (Lipinski definition) is 3. The summed E-state index contributed by atoms with van der Waals surface area (Å²) in [4.78, 5) is 24.9. The average Bonchev–Trinajstić information content (AvgIpc) is 2.68. The fraction of sp³-hybridized carbons (Fsp3) is 0.478. The topological polar surface area (TPSA) is 78.4 Å². The molecular weight excluding hydrogens is 352 g/mol. The first-order valence-electron chi connectivity index (χ1n) is 10.3. The van der Waals surface area contributed by atoms with Crippen molar-refractivity contribution >= 4 is 22.6 Å². The number of hydrogen-bond acceptors (Lipinski definition) is 3. The lowest BCUT2D eigenvalue weighted by atomic mass is 9.96. The molecule has 5 nitrogen and oxygen atoms in total. The van der Waals surface area contributed by atoms with Crippen LogP contribution in [0, 0.1) is 0 Å². The molecule has 0 spiro atoms. The van der Waals surface area contributed by atoms with E-state index in [1.807, 2.05) is 42.5 Å². The van der Waals surface area contributed by atoms with Gasteiger partial charge in [-0.3, -0.25) is 9.59 Å². The van der Waals surface area contributed by atoms with E-state index in [0.717, 1.165) is 42.0 Å². The van der Waals surface area contributed by atoms with Crippen molar-refractivity contribution < 1.29 is 14.7 Å². The highest BCUT2D eigenvalue weighted by Crippen LogP contribution is 2.18. The highest BCUT2D eigenvalue weighted by Gasteiger charge is 2.23. The third kappa shape index (κ3) is 5.80. The number of benzene rings is 2. The minimum absolute atomic E-state index is 0.138. The molecule has 0 saturated heterocycles.